The molecule has 0 saturated heterocycles. The van der Waals surface area contributed by atoms with E-state index in [1.54, 1.807) is 24.3 Å². The molecular weight excluding hydrogens is 416 g/mol. The molecule has 29 heavy (non-hydrogen) atoms. The molecule has 3 aromatic rings. The smallest absolute Gasteiger partial charge is 0.371 e. The third-order valence-corrected chi connectivity index (χ3v) is 4.27. The van der Waals surface area contributed by atoms with Gasteiger partial charge in [-0.05, 0) is 36.4 Å². The lowest BCUT2D eigenvalue weighted by atomic mass is 10.0. The van der Waals surface area contributed by atoms with E-state index in [0.29, 0.717) is 21.7 Å². The number of allylic oxidation sites excluding steroid dienone is 2. The van der Waals surface area contributed by atoms with Crippen molar-refractivity contribution in [2.75, 3.05) is 0 Å². The molecule has 0 atom stereocenters. The van der Waals surface area contributed by atoms with E-state index in [2.05, 4.69) is 23.7 Å². The van der Waals surface area contributed by atoms with Crippen LogP contribution in [0.25, 0.3) is 16.0 Å². The third-order valence-electron chi connectivity index (χ3n) is 3.74. The number of rotatable bonds is 7. The van der Waals surface area contributed by atoms with Crippen molar-refractivity contribution >= 4 is 35.1 Å². The molecule has 3 rings (SSSR count). The molecule has 146 valence electrons. The van der Waals surface area contributed by atoms with Crippen LogP contribution in [0.4, 0.5) is 0 Å². The molecular formula is C20H13ClN2O5S. The molecule has 1 N–H and O–H groups in total. The Kier molecular flexibility index (Phi) is 6.44. The van der Waals surface area contributed by atoms with Gasteiger partial charge < -0.3 is 18.7 Å². The van der Waals surface area contributed by atoms with E-state index in [1.165, 1.54) is 30.2 Å². The zero-order valence-corrected chi connectivity index (χ0v) is 16.4. The number of nitrogens with zero attached hydrogens (tertiary/aromatic N) is 2. The van der Waals surface area contributed by atoms with Crippen molar-refractivity contribution in [1.82, 2.24) is 4.98 Å². The van der Waals surface area contributed by atoms with Crippen molar-refractivity contribution in [3.63, 3.8) is 0 Å². The number of nitriles is 1. The summed E-state index contributed by atoms with van der Waals surface area (Å²) in [6.07, 6.45) is 6.20. The molecule has 0 aliphatic rings. The lowest BCUT2D eigenvalue weighted by molar-refractivity contribution is 0.0658. The summed E-state index contributed by atoms with van der Waals surface area (Å²) >= 11 is 9.97. The molecule has 0 unspecified atom stereocenters. The highest BCUT2D eigenvalue weighted by Crippen LogP contribution is 2.33. The number of hydrogen-bond acceptors (Lipinski definition) is 7. The van der Waals surface area contributed by atoms with Crippen LogP contribution in [-0.2, 0) is 6.61 Å². The molecule has 0 aromatic carbocycles. The fourth-order valence-electron chi connectivity index (χ4n) is 2.43. The van der Waals surface area contributed by atoms with Crippen LogP contribution >= 0.6 is 24.2 Å². The molecule has 0 aliphatic carbocycles. The average molecular weight is 429 g/mol. The SMILES string of the molecule is N#Cc1c(-c2ccoc2)cc(/C(S)=C/C=C/Cl)nc1OCc1ccc(C(=O)O)o1. The molecule has 0 spiro atoms. The van der Waals surface area contributed by atoms with Gasteiger partial charge in [0, 0.05) is 21.6 Å². The fraction of sp³-hybridized carbons (Fsp3) is 0.0500. The molecule has 3 heterocycles. The highest BCUT2D eigenvalue weighted by atomic mass is 35.5. The number of halogens is 1. The number of furan rings is 2. The predicted octanol–water partition coefficient (Wildman–Crippen LogP) is 5.11. The van der Waals surface area contributed by atoms with Crippen LogP contribution in [0.1, 0.15) is 27.6 Å². The zero-order valence-electron chi connectivity index (χ0n) is 14.7. The van der Waals surface area contributed by atoms with Crippen LogP contribution in [-0.4, -0.2) is 16.1 Å². The molecule has 0 saturated carbocycles. The maximum Gasteiger partial charge on any atom is 0.371 e. The van der Waals surface area contributed by atoms with Gasteiger partial charge in [0.1, 0.15) is 24.0 Å². The van der Waals surface area contributed by atoms with E-state index in [-0.39, 0.29) is 29.6 Å². The predicted molar refractivity (Wildman–Crippen MR) is 109 cm³/mol. The van der Waals surface area contributed by atoms with Gasteiger partial charge in [0.2, 0.25) is 11.6 Å². The zero-order chi connectivity index (χ0) is 20.8. The first kappa shape index (κ1) is 20.3. The maximum atomic E-state index is 10.9. The summed E-state index contributed by atoms with van der Waals surface area (Å²) in [6, 6.07) is 8.28. The van der Waals surface area contributed by atoms with E-state index >= 15 is 0 Å². The van der Waals surface area contributed by atoms with Crippen LogP contribution in [0.5, 0.6) is 5.88 Å². The summed E-state index contributed by atoms with van der Waals surface area (Å²) in [6.45, 7) is -0.115. The van der Waals surface area contributed by atoms with Gasteiger partial charge in [0.25, 0.3) is 0 Å². The summed E-state index contributed by atoms with van der Waals surface area (Å²) in [4.78, 5) is 15.8. The minimum Gasteiger partial charge on any atom is -0.475 e. The molecule has 0 amide bonds. The van der Waals surface area contributed by atoms with Crippen LogP contribution in [0.3, 0.4) is 0 Å². The van der Waals surface area contributed by atoms with Crippen molar-refractivity contribution in [1.29, 1.82) is 5.26 Å². The Morgan fingerprint density at radius 2 is 2.24 bits per heavy atom. The monoisotopic (exact) mass is 428 g/mol. The second kappa shape index (κ2) is 9.19. The first-order chi connectivity index (χ1) is 14.0. The number of aromatic nitrogens is 1. The Hall–Kier alpha value is -3.41. The van der Waals surface area contributed by atoms with E-state index < -0.39 is 5.97 Å². The number of pyridine rings is 1. The van der Waals surface area contributed by atoms with Gasteiger partial charge in [-0.25, -0.2) is 9.78 Å². The van der Waals surface area contributed by atoms with Crippen molar-refractivity contribution in [3.05, 3.63) is 77.3 Å². The Morgan fingerprint density at radius 1 is 1.41 bits per heavy atom. The molecule has 0 radical (unpaired) electrons. The minimum atomic E-state index is -1.19. The molecule has 0 fully saturated rings. The number of hydrogen-bond donors (Lipinski definition) is 2. The van der Waals surface area contributed by atoms with Gasteiger partial charge >= 0.3 is 5.97 Å². The Bertz CT molecular complexity index is 1130. The van der Waals surface area contributed by atoms with Crippen LogP contribution in [0, 0.1) is 11.3 Å². The number of carboxylic acids is 1. The van der Waals surface area contributed by atoms with Gasteiger partial charge in [-0.2, -0.15) is 5.26 Å². The molecule has 7 nitrogen and oxygen atoms in total. The van der Waals surface area contributed by atoms with Gasteiger partial charge in [0.05, 0.1) is 18.2 Å². The number of aromatic carboxylic acids is 1. The standard InChI is InChI=1S/C20H13ClN2O5S/c21-6-1-2-18(29)16-8-14(12-5-7-26-10-12)15(9-22)19(23-16)27-11-13-3-4-17(28-13)20(24)25/h1-8,10,29H,11H2,(H,24,25)/b6-1+,18-2-. The summed E-state index contributed by atoms with van der Waals surface area (Å²) in [5, 5.41) is 18.6. The lowest BCUT2D eigenvalue weighted by Crippen LogP contribution is -2.02. The fourth-order valence-corrected chi connectivity index (χ4v) is 2.71. The van der Waals surface area contributed by atoms with Crippen molar-refractivity contribution < 1.29 is 23.5 Å². The quantitative estimate of drug-likeness (QED) is 0.397. The van der Waals surface area contributed by atoms with Gasteiger partial charge in [-0.15, -0.1) is 12.6 Å². The topological polar surface area (TPSA) is 109 Å². The largest absolute Gasteiger partial charge is 0.475 e. The normalized spacial score (nSPS) is 11.6. The van der Waals surface area contributed by atoms with Crippen LogP contribution < -0.4 is 4.74 Å². The van der Waals surface area contributed by atoms with Crippen molar-refractivity contribution in [2.24, 2.45) is 0 Å². The first-order valence-corrected chi connectivity index (χ1v) is 9.00. The minimum absolute atomic E-state index is 0.0456. The Balaban J connectivity index is 2.02. The van der Waals surface area contributed by atoms with Crippen molar-refractivity contribution in [2.45, 2.75) is 6.61 Å². The third kappa shape index (κ3) is 4.71. The summed E-state index contributed by atoms with van der Waals surface area (Å²) in [5.41, 5.74) is 3.16. The van der Waals surface area contributed by atoms with Crippen molar-refractivity contribution in [3.8, 4) is 23.1 Å². The van der Waals surface area contributed by atoms with Gasteiger partial charge in [-0.1, -0.05) is 11.6 Å². The van der Waals surface area contributed by atoms with E-state index in [4.69, 9.17) is 30.3 Å². The second-order valence-corrected chi connectivity index (χ2v) is 6.32. The highest BCUT2D eigenvalue weighted by molar-refractivity contribution is 7.90. The number of ether oxygens (including phenoxy) is 1. The second-order valence-electron chi connectivity index (χ2n) is 5.59. The summed E-state index contributed by atoms with van der Waals surface area (Å²) < 4.78 is 16.0. The molecule has 0 aliphatic heterocycles. The van der Waals surface area contributed by atoms with Crippen LogP contribution in [0.2, 0.25) is 0 Å². The number of thiol groups is 1. The van der Waals surface area contributed by atoms with Gasteiger partial charge in [-0.3, -0.25) is 0 Å². The van der Waals surface area contributed by atoms with Crippen LogP contribution in [0.15, 0.2) is 63.3 Å². The highest BCUT2D eigenvalue weighted by Gasteiger charge is 2.18. The molecule has 3 aromatic heterocycles. The Morgan fingerprint density at radius 3 is 2.86 bits per heavy atom. The number of carbonyl (C=O) groups is 1. The Labute approximate surface area is 175 Å². The molecule has 9 heteroatoms. The summed E-state index contributed by atoms with van der Waals surface area (Å²) in [5.74, 6) is -1.08. The first-order valence-electron chi connectivity index (χ1n) is 8.12. The summed E-state index contributed by atoms with van der Waals surface area (Å²) in [7, 11) is 0. The number of carboxylic acid groups (broad SMARTS) is 1. The average Bonchev–Trinajstić information content (AvgIpc) is 3.41. The molecule has 0 bridgehead atoms. The maximum absolute atomic E-state index is 10.9. The van der Waals surface area contributed by atoms with E-state index in [9.17, 15) is 10.1 Å². The van der Waals surface area contributed by atoms with E-state index in [1.807, 2.05) is 0 Å². The lowest BCUT2D eigenvalue weighted by Gasteiger charge is -2.12. The van der Waals surface area contributed by atoms with E-state index in [0.717, 1.165) is 0 Å². The van der Waals surface area contributed by atoms with Gasteiger partial charge in [0.15, 0.2) is 0 Å².